The number of para-hydroxylation sites is 2. The molecule has 2 aromatic carbocycles. The number of carbonyl (C=O) groups excluding carboxylic acids is 1. The highest BCUT2D eigenvalue weighted by atomic mass is 16.5. The molecule has 0 spiro atoms. The number of nitrogens with zero attached hydrogens (tertiary/aromatic N) is 4. The molecule has 9 heteroatoms. The molecule has 3 heterocycles. The second-order valence-electron chi connectivity index (χ2n) is 8.21. The Kier molecular flexibility index (Phi) is 6.35. The number of amides is 1. The van der Waals surface area contributed by atoms with Gasteiger partial charge in [-0.05, 0) is 44.1 Å². The van der Waals surface area contributed by atoms with Gasteiger partial charge in [0.15, 0.2) is 5.82 Å². The van der Waals surface area contributed by atoms with E-state index in [-0.39, 0.29) is 0 Å². The van der Waals surface area contributed by atoms with E-state index in [0.29, 0.717) is 5.82 Å². The molecule has 0 bridgehead atoms. The highest BCUT2D eigenvalue weighted by molar-refractivity contribution is 6.06. The zero-order valence-electron chi connectivity index (χ0n) is 19.0. The van der Waals surface area contributed by atoms with Crippen molar-refractivity contribution in [1.82, 2.24) is 25.3 Å². The first kappa shape index (κ1) is 21.8. The van der Waals surface area contributed by atoms with Crippen molar-refractivity contribution in [3.63, 3.8) is 0 Å². The number of likely N-dealkylation sites (tertiary alicyclic amines) is 1. The quantitative estimate of drug-likeness (QED) is 0.286. The van der Waals surface area contributed by atoms with E-state index < -0.39 is 6.09 Å². The van der Waals surface area contributed by atoms with E-state index in [1.165, 1.54) is 20.0 Å². The van der Waals surface area contributed by atoms with Crippen LogP contribution in [-0.4, -0.2) is 65.4 Å². The van der Waals surface area contributed by atoms with Crippen LogP contribution in [-0.2, 0) is 4.74 Å². The van der Waals surface area contributed by atoms with Crippen molar-refractivity contribution in [1.29, 1.82) is 0 Å². The number of hydrazone groups is 1. The molecular formula is C25H27N7O2. The normalized spacial score (nSPS) is 14.3. The number of aromatic amines is 1. The number of ether oxygens (including phenoxy) is 1. The number of hydrogen-bond acceptors (Lipinski definition) is 7. The van der Waals surface area contributed by atoms with Crippen LogP contribution in [0.25, 0.3) is 33.3 Å². The molecule has 9 nitrogen and oxygen atoms in total. The maximum atomic E-state index is 11.5. The molecule has 0 saturated carbocycles. The predicted octanol–water partition coefficient (Wildman–Crippen LogP) is 3.98. The van der Waals surface area contributed by atoms with Gasteiger partial charge in [0.1, 0.15) is 5.82 Å². The molecule has 1 amide bonds. The van der Waals surface area contributed by atoms with Crippen molar-refractivity contribution in [2.45, 2.75) is 12.8 Å². The van der Waals surface area contributed by atoms with Crippen LogP contribution in [0.1, 0.15) is 18.4 Å². The summed E-state index contributed by atoms with van der Waals surface area (Å²) in [6, 6.07) is 15.9. The van der Waals surface area contributed by atoms with E-state index in [9.17, 15) is 4.79 Å². The number of fused-ring (bicyclic) bond motifs is 2. The Bertz CT molecular complexity index is 1340. The number of benzene rings is 2. The van der Waals surface area contributed by atoms with Crippen LogP contribution >= 0.6 is 0 Å². The molecule has 0 unspecified atom stereocenters. The Morgan fingerprint density at radius 1 is 1.12 bits per heavy atom. The number of anilines is 1. The predicted molar refractivity (Wildman–Crippen MR) is 134 cm³/mol. The third-order valence-electron chi connectivity index (χ3n) is 6.03. The van der Waals surface area contributed by atoms with Crippen LogP contribution in [0.15, 0.2) is 53.6 Å². The van der Waals surface area contributed by atoms with Crippen molar-refractivity contribution in [3.05, 3.63) is 54.1 Å². The molecule has 0 aliphatic carbocycles. The molecule has 1 aliphatic heterocycles. The topological polar surface area (TPSA) is 108 Å². The van der Waals surface area contributed by atoms with Gasteiger partial charge >= 0.3 is 6.09 Å². The Hall–Kier alpha value is -3.98. The lowest BCUT2D eigenvalue weighted by atomic mass is 10.1. The summed E-state index contributed by atoms with van der Waals surface area (Å²) < 4.78 is 4.60. The largest absolute Gasteiger partial charge is 0.452 e. The summed E-state index contributed by atoms with van der Waals surface area (Å²) in [6.45, 7) is 4.12. The fourth-order valence-electron chi connectivity index (χ4n) is 4.33. The van der Waals surface area contributed by atoms with E-state index in [0.717, 1.165) is 65.1 Å². The summed E-state index contributed by atoms with van der Waals surface area (Å²) in [7, 11) is 1.29. The number of nitrogens with one attached hydrogen (secondary N) is 3. The second kappa shape index (κ2) is 9.88. The lowest BCUT2D eigenvalue weighted by Crippen LogP contribution is -2.26. The van der Waals surface area contributed by atoms with E-state index in [2.05, 4.69) is 30.5 Å². The van der Waals surface area contributed by atoms with Crippen LogP contribution in [0.5, 0.6) is 0 Å². The van der Waals surface area contributed by atoms with Crippen molar-refractivity contribution in [3.8, 4) is 11.5 Å². The minimum atomic E-state index is -0.635. The van der Waals surface area contributed by atoms with Crippen LogP contribution in [0.4, 0.5) is 10.6 Å². The number of carbonyl (C=O) groups is 1. The summed E-state index contributed by atoms with van der Waals surface area (Å²) in [6.07, 6.45) is 3.50. The lowest BCUT2D eigenvalue weighted by Gasteiger charge is -2.16. The van der Waals surface area contributed by atoms with Gasteiger partial charge in [0.25, 0.3) is 0 Å². The van der Waals surface area contributed by atoms with Gasteiger partial charge in [0.2, 0.25) is 0 Å². The van der Waals surface area contributed by atoms with E-state index in [1.54, 1.807) is 6.21 Å². The fourth-order valence-corrected chi connectivity index (χ4v) is 4.33. The Balaban J connectivity index is 1.53. The van der Waals surface area contributed by atoms with Crippen molar-refractivity contribution in [2.75, 3.05) is 38.6 Å². The zero-order valence-corrected chi connectivity index (χ0v) is 19.0. The van der Waals surface area contributed by atoms with Gasteiger partial charge in [-0.1, -0.05) is 30.3 Å². The highest BCUT2D eigenvalue weighted by Crippen LogP contribution is 2.30. The fraction of sp³-hybridized carbons (Fsp3) is 0.280. The van der Waals surface area contributed by atoms with E-state index in [4.69, 9.17) is 9.97 Å². The first-order valence-corrected chi connectivity index (χ1v) is 11.4. The maximum absolute atomic E-state index is 11.5. The van der Waals surface area contributed by atoms with Crippen LogP contribution < -0.4 is 10.7 Å². The molecular weight excluding hydrogens is 430 g/mol. The molecule has 174 valence electrons. The number of hydrogen-bond donors (Lipinski definition) is 3. The van der Waals surface area contributed by atoms with E-state index in [1.807, 2.05) is 48.5 Å². The third kappa shape index (κ3) is 4.55. The minimum absolute atomic E-state index is 0.554. The van der Waals surface area contributed by atoms with Gasteiger partial charge in [-0.15, -0.1) is 0 Å². The average Bonchev–Trinajstić information content (AvgIpc) is 3.52. The first-order chi connectivity index (χ1) is 16.7. The van der Waals surface area contributed by atoms with Crippen LogP contribution in [0.2, 0.25) is 0 Å². The molecule has 5 rings (SSSR count). The van der Waals surface area contributed by atoms with Crippen molar-refractivity contribution < 1.29 is 9.53 Å². The molecule has 1 saturated heterocycles. The summed E-state index contributed by atoms with van der Waals surface area (Å²) in [5.74, 6) is 1.35. The van der Waals surface area contributed by atoms with Gasteiger partial charge < -0.3 is 19.9 Å². The number of H-pyrrole nitrogens is 1. The third-order valence-corrected chi connectivity index (χ3v) is 6.03. The molecule has 2 aromatic heterocycles. The smallest absolute Gasteiger partial charge is 0.427 e. The SMILES string of the molecule is COC(=O)N/N=C/c1c(-c2nc(NCCN3CCCC3)c3ccccc3n2)[nH]c2ccccc12. The zero-order chi connectivity index (χ0) is 23.3. The van der Waals surface area contributed by atoms with E-state index >= 15 is 0 Å². The Morgan fingerprint density at radius 2 is 1.88 bits per heavy atom. The molecule has 3 N–H and O–H groups in total. The summed E-state index contributed by atoms with van der Waals surface area (Å²) in [5, 5.41) is 9.51. The summed E-state index contributed by atoms with van der Waals surface area (Å²) >= 11 is 0. The van der Waals surface area contributed by atoms with Gasteiger partial charge in [0, 0.05) is 34.9 Å². The Labute approximate surface area is 197 Å². The van der Waals surface area contributed by atoms with Gasteiger partial charge in [-0.3, -0.25) is 0 Å². The molecule has 0 radical (unpaired) electrons. The lowest BCUT2D eigenvalue weighted by molar-refractivity contribution is 0.171. The minimum Gasteiger partial charge on any atom is -0.452 e. The molecule has 1 aliphatic rings. The molecule has 34 heavy (non-hydrogen) atoms. The highest BCUT2D eigenvalue weighted by Gasteiger charge is 2.17. The summed E-state index contributed by atoms with van der Waals surface area (Å²) in [5.41, 5.74) is 5.64. The average molecular weight is 458 g/mol. The Morgan fingerprint density at radius 3 is 2.71 bits per heavy atom. The van der Waals surface area contributed by atoms with Gasteiger partial charge in [0.05, 0.1) is 24.5 Å². The van der Waals surface area contributed by atoms with Crippen LogP contribution in [0.3, 0.4) is 0 Å². The van der Waals surface area contributed by atoms with Crippen molar-refractivity contribution >= 4 is 39.9 Å². The van der Waals surface area contributed by atoms with Crippen LogP contribution in [0, 0.1) is 0 Å². The number of aromatic nitrogens is 3. The molecule has 4 aromatic rings. The molecule has 0 atom stereocenters. The maximum Gasteiger partial charge on any atom is 0.427 e. The number of methoxy groups -OCH3 is 1. The van der Waals surface area contributed by atoms with Gasteiger partial charge in [-0.2, -0.15) is 5.10 Å². The number of rotatable bonds is 7. The first-order valence-electron chi connectivity index (χ1n) is 11.4. The van der Waals surface area contributed by atoms with Crippen molar-refractivity contribution in [2.24, 2.45) is 5.10 Å². The van der Waals surface area contributed by atoms with Gasteiger partial charge in [-0.25, -0.2) is 20.2 Å². The monoisotopic (exact) mass is 457 g/mol. The summed E-state index contributed by atoms with van der Waals surface area (Å²) in [4.78, 5) is 27.1. The second-order valence-corrected chi connectivity index (χ2v) is 8.21. The standard InChI is InChI=1S/C25H27N7O2/c1-34-25(33)31-27-16-19-17-8-2-4-10-20(17)28-22(19)24-29-21-11-5-3-9-18(21)23(30-24)26-12-15-32-13-6-7-14-32/h2-5,8-11,16,28H,6-7,12-15H2,1H3,(H,31,33)(H,26,29,30)/b27-16+. The molecule has 1 fully saturated rings.